The number of hydrogen-bond acceptors (Lipinski definition) is 4. The molecule has 1 aliphatic carbocycles. The third-order valence-corrected chi connectivity index (χ3v) is 6.37. The Bertz CT molecular complexity index is 1070. The number of H-pyrrole nitrogens is 1. The summed E-state index contributed by atoms with van der Waals surface area (Å²) < 4.78 is 6.04. The highest BCUT2D eigenvalue weighted by atomic mass is 16.3. The van der Waals surface area contributed by atoms with Crippen molar-refractivity contribution in [2.24, 2.45) is 11.3 Å². The summed E-state index contributed by atoms with van der Waals surface area (Å²) in [5.41, 5.74) is 2.49. The van der Waals surface area contributed by atoms with Crippen molar-refractivity contribution in [3.8, 4) is 0 Å². The Labute approximate surface area is 170 Å². The molecule has 5 nitrogen and oxygen atoms in total. The molecule has 0 saturated heterocycles. The van der Waals surface area contributed by atoms with Gasteiger partial charge in [0.1, 0.15) is 11.3 Å². The molecule has 3 heterocycles. The Morgan fingerprint density at radius 2 is 2.00 bits per heavy atom. The van der Waals surface area contributed by atoms with Crippen molar-refractivity contribution < 1.29 is 14.0 Å². The van der Waals surface area contributed by atoms with Crippen molar-refractivity contribution in [3.05, 3.63) is 53.7 Å². The minimum Gasteiger partial charge on any atom is -0.451 e. The van der Waals surface area contributed by atoms with E-state index in [1.165, 1.54) is 0 Å². The third kappa shape index (κ3) is 3.22. The molecule has 29 heavy (non-hydrogen) atoms. The number of fused-ring (bicyclic) bond motifs is 1. The van der Waals surface area contributed by atoms with Crippen molar-refractivity contribution in [1.29, 1.82) is 0 Å². The monoisotopic (exact) mass is 392 g/mol. The standard InChI is InChI=1S/C24H28N2O3/c1-23(2,3)17-9-11-26-18-12-19(29-21(17)18)20(27)16-7-6-15(14-8-10-25-13-14)22(28)24(16,4)5/h8-13,15-16,25H,6-7H2,1-5H3. The second-order valence-electron chi connectivity index (χ2n) is 9.71. The Morgan fingerprint density at radius 3 is 2.66 bits per heavy atom. The van der Waals surface area contributed by atoms with E-state index in [9.17, 15) is 9.59 Å². The molecule has 2 atom stereocenters. The summed E-state index contributed by atoms with van der Waals surface area (Å²) in [6, 6.07) is 5.61. The van der Waals surface area contributed by atoms with Gasteiger partial charge in [-0.25, -0.2) is 0 Å². The number of carbonyl (C=O) groups is 2. The second kappa shape index (κ2) is 6.68. The maximum absolute atomic E-state index is 13.4. The fourth-order valence-corrected chi connectivity index (χ4v) is 4.60. The minimum atomic E-state index is -0.753. The fraction of sp³-hybridized carbons (Fsp3) is 0.458. The maximum Gasteiger partial charge on any atom is 0.202 e. The first-order valence-electron chi connectivity index (χ1n) is 10.2. The van der Waals surface area contributed by atoms with Crippen LogP contribution in [0.1, 0.15) is 75.1 Å². The van der Waals surface area contributed by atoms with Crippen LogP contribution in [0.25, 0.3) is 11.1 Å². The maximum atomic E-state index is 13.4. The van der Waals surface area contributed by atoms with Crippen LogP contribution in [0.4, 0.5) is 0 Å². The van der Waals surface area contributed by atoms with Gasteiger partial charge in [-0.05, 0) is 36.0 Å². The van der Waals surface area contributed by atoms with Crippen LogP contribution in [0.3, 0.4) is 0 Å². The summed E-state index contributed by atoms with van der Waals surface area (Å²) >= 11 is 0. The number of furan rings is 1. The van der Waals surface area contributed by atoms with Crippen LogP contribution >= 0.6 is 0 Å². The van der Waals surface area contributed by atoms with E-state index in [1.807, 2.05) is 38.4 Å². The summed E-state index contributed by atoms with van der Waals surface area (Å²) in [6.07, 6.45) is 6.79. The molecule has 1 aliphatic rings. The van der Waals surface area contributed by atoms with Gasteiger partial charge in [-0.3, -0.25) is 14.6 Å². The Morgan fingerprint density at radius 1 is 1.24 bits per heavy atom. The van der Waals surface area contributed by atoms with Gasteiger partial charge in [-0.15, -0.1) is 0 Å². The highest BCUT2D eigenvalue weighted by Gasteiger charge is 2.48. The number of carbonyl (C=O) groups excluding carboxylic acids is 2. The number of ketones is 2. The molecule has 0 spiro atoms. The summed E-state index contributed by atoms with van der Waals surface area (Å²) in [7, 11) is 0. The van der Waals surface area contributed by atoms with Gasteiger partial charge in [0.05, 0.1) is 0 Å². The van der Waals surface area contributed by atoms with Crippen LogP contribution in [0, 0.1) is 11.3 Å². The predicted molar refractivity (Wildman–Crippen MR) is 112 cm³/mol. The van der Waals surface area contributed by atoms with Gasteiger partial charge in [0, 0.05) is 47.5 Å². The van der Waals surface area contributed by atoms with Crippen molar-refractivity contribution >= 4 is 22.7 Å². The number of rotatable bonds is 3. The van der Waals surface area contributed by atoms with Gasteiger partial charge in [0.25, 0.3) is 0 Å². The highest BCUT2D eigenvalue weighted by Crippen LogP contribution is 2.46. The number of pyridine rings is 1. The molecule has 1 N–H and O–H groups in total. The first kappa shape index (κ1) is 19.6. The van der Waals surface area contributed by atoms with Crippen molar-refractivity contribution in [1.82, 2.24) is 9.97 Å². The average molecular weight is 392 g/mol. The minimum absolute atomic E-state index is 0.103. The van der Waals surface area contributed by atoms with Gasteiger partial charge >= 0.3 is 0 Å². The molecule has 4 rings (SSSR count). The zero-order valence-corrected chi connectivity index (χ0v) is 17.7. The first-order chi connectivity index (χ1) is 13.6. The molecular weight excluding hydrogens is 364 g/mol. The lowest BCUT2D eigenvalue weighted by molar-refractivity contribution is -0.133. The molecule has 0 aromatic carbocycles. The lowest BCUT2D eigenvalue weighted by Gasteiger charge is -2.39. The van der Waals surface area contributed by atoms with Crippen LogP contribution in [-0.2, 0) is 10.2 Å². The number of aromatic amines is 1. The Balaban J connectivity index is 1.67. The predicted octanol–water partition coefficient (Wildman–Crippen LogP) is 5.43. The largest absolute Gasteiger partial charge is 0.451 e. The molecule has 1 saturated carbocycles. The fourth-order valence-electron chi connectivity index (χ4n) is 4.60. The Hall–Kier alpha value is -2.69. The van der Waals surface area contributed by atoms with Crippen molar-refractivity contribution in [3.63, 3.8) is 0 Å². The zero-order valence-electron chi connectivity index (χ0n) is 17.7. The van der Waals surface area contributed by atoms with Crippen LogP contribution in [0.2, 0.25) is 0 Å². The number of Topliss-reactive ketones (excluding diaryl/α,β-unsaturated/α-hetero) is 2. The summed E-state index contributed by atoms with van der Waals surface area (Å²) in [6.45, 7) is 10.1. The normalized spacial score (nSPS) is 22.2. The molecule has 0 aliphatic heterocycles. The third-order valence-electron chi connectivity index (χ3n) is 6.37. The van der Waals surface area contributed by atoms with Crippen molar-refractivity contribution in [2.75, 3.05) is 0 Å². The summed E-state index contributed by atoms with van der Waals surface area (Å²) in [5, 5.41) is 0. The molecular formula is C24H28N2O3. The molecule has 0 bridgehead atoms. The van der Waals surface area contributed by atoms with Gasteiger partial charge in [0.15, 0.2) is 11.3 Å². The highest BCUT2D eigenvalue weighted by molar-refractivity contribution is 6.04. The van der Waals surface area contributed by atoms with E-state index in [4.69, 9.17) is 4.42 Å². The zero-order chi connectivity index (χ0) is 21.0. The van der Waals surface area contributed by atoms with E-state index >= 15 is 0 Å². The number of nitrogens with one attached hydrogen (secondary N) is 1. The molecule has 0 amide bonds. The first-order valence-corrected chi connectivity index (χ1v) is 10.2. The smallest absolute Gasteiger partial charge is 0.202 e. The Kier molecular flexibility index (Phi) is 4.52. The molecule has 1 fully saturated rings. The average Bonchev–Trinajstić information content (AvgIpc) is 3.31. The van der Waals surface area contributed by atoms with Crippen LogP contribution < -0.4 is 0 Å². The lowest BCUT2D eigenvalue weighted by Crippen LogP contribution is -2.44. The molecule has 3 aromatic heterocycles. The number of hydrogen-bond donors (Lipinski definition) is 1. The molecule has 2 unspecified atom stereocenters. The van der Waals surface area contributed by atoms with Gasteiger partial charge in [-0.1, -0.05) is 34.6 Å². The number of nitrogens with zero attached hydrogens (tertiary/aromatic N) is 1. The SMILES string of the molecule is CC(C)(C)c1ccnc2cc(C(=O)C3CCC(c4cc[nH]c4)C(=O)C3(C)C)oc12. The van der Waals surface area contributed by atoms with E-state index in [-0.39, 0.29) is 22.9 Å². The van der Waals surface area contributed by atoms with E-state index < -0.39 is 11.3 Å². The lowest BCUT2D eigenvalue weighted by atomic mass is 9.61. The number of aromatic nitrogens is 2. The van der Waals surface area contributed by atoms with Crippen molar-refractivity contribution in [2.45, 2.75) is 58.8 Å². The van der Waals surface area contributed by atoms with Gasteiger partial charge < -0.3 is 9.40 Å². The molecule has 5 heteroatoms. The molecule has 152 valence electrons. The molecule has 3 aromatic rings. The van der Waals surface area contributed by atoms with E-state index in [0.29, 0.717) is 29.7 Å². The van der Waals surface area contributed by atoms with E-state index in [1.54, 1.807) is 12.3 Å². The van der Waals surface area contributed by atoms with E-state index in [0.717, 1.165) is 11.1 Å². The van der Waals surface area contributed by atoms with Gasteiger partial charge in [0.2, 0.25) is 5.78 Å². The molecule has 0 radical (unpaired) electrons. The second-order valence-corrected chi connectivity index (χ2v) is 9.71. The summed E-state index contributed by atoms with van der Waals surface area (Å²) in [4.78, 5) is 34.1. The quantitative estimate of drug-likeness (QED) is 0.603. The topological polar surface area (TPSA) is 76.0 Å². The van der Waals surface area contributed by atoms with Crippen LogP contribution in [0.5, 0.6) is 0 Å². The van der Waals surface area contributed by atoms with Gasteiger partial charge in [-0.2, -0.15) is 0 Å². The summed E-state index contributed by atoms with van der Waals surface area (Å²) in [5.74, 6) is -0.246. The van der Waals surface area contributed by atoms with Crippen LogP contribution in [0.15, 0.2) is 41.2 Å². The van der Waals surface area contributed by atoms with Crippen LogP contribution in [-0.4, -0.2) is 21.5 Å². The van der Waals surface area contributed by atoms with E-state index in [2.05, 4.69) is 30.7 Å².